The first-order chi connectivity index (χ1) is 45.7. The third-order valence-corrected chi connectivity index (χ3v) is 18.6. The van der Waals surface area contributed by atoms with Crippen LogP contribution in [0.1, 0.15) is 147 Å². The number of rotatable bonds is 10. The summed E-state index contributed by atoms with van der Waals surface area (Å²) in [6.07, 6.45) is 30.5. The summed E-state index contributed by atoms with van der Waals surface area (Å²) in [7, 11) is 11.3. The van der Waals surface area contributed by atoms with Crippen molar-refractivity contribution >= 4 is 71.6 Å². The number of hydrogen-bond donors (Lipinski definition) is 0. The molecule has 5 amide bonds. The summed E-state index contributed by atoms with van der Waals surface area (Å²) in [5.74, 6) is -1.31. The van der Waals surface area contributed by atoms with E-state index in [2.05, 4.69) is 104 Å². The average Bonchev–Trinajstić information content (AvgIpc) is 1.59. The molecule has 5 aliphatic carbocycles. The minimum absolute atomic E-state index is 0.0515. The molecule has 10 atom stereocenters. The van der Waals surface area contributed by atoms with Gasteiger partial charge in [-0.3, -0.25) is 43.6 Å². The second-order valence-corrected chi connectivity index (χ2v) is 29.3. The Kier molecular flexibility index (Phi) is 38.1. The average molecular weight is 1420 g/mol. The maximum atomic E-state index is 12.5. The number of hydrogen-bond acceptors (Lipinski definition) is 11. The number of dihydropyridines is 1. The molecule has 5 fully saturated rings. The van der Waals surface area contributed by atoms with Gasteiger partial charge in [0.1, 0.15) is 5.78 Å². The largest absolute Gasteiger partial charge is 0.265 e. The molecule has 2 saturated carbocycles. The van der Waals surface area contributed by atoms with E-state index < -0.39 is 31.3 Å². The maximum Gasteiger partial charge on any atom is 0.0267 e. The molecular weight excluding hydrogens is 1320 g/mol. The summed E-state index contributed by atoms with van der Waals surface area (Å²) in [6, 6.07) is 25.4. The summed E-state index contributed by atoms with van der Waals surface area (Å²) >= 11 is -1.61. The number of halogens is 2. The number of fused-ring (bicyclic) bond motifs is 6. The third-order valence-electron chi connectivity index (χ3n) is 16.8. The van der Waals surface area contributed by atoms with Gasteiger partial charge in [-0.25, -0.2) is 4.90 Å². The third kappa shape index (κ3) is 24.6. The first-order valence-electron chi connectivity index (χ1n) is 33.7. The zero-order valence-electron chi connectivity index (χ0n) is 59.1. The van der Waals surface area contributed by atoms with E-state index in [1.165, 1.54) is 66.6 Å². The van der Waals surface area contributed by atoms with Crippen LogP contribution < -0.4 is 0 Å². The van der Waals surface area contributed by atoms with Crippen molar-refractivity contribution in [2.75, 3.05) is 32.8 Å². The number of ketones is 1. The molecule has 3 aromatic rings. The number of allylic oxidation sites excluding steroid dienone is 13. The van der Waals surface area contributed by atoms with Gasteiger partial charge in [0.05, 0.1) is 43.1 Å². The van der Waals surface area contributed by atoms with Crippen LogP contribution in [0.3, 0.4) is 0 Å². The summed E-state index contributed by atoms with van der Waals surface area (Å²) in [6.45, 7) is 43.7. The molecule has 518 valence electrons. The van der Waals surface area contributed by atoms with E-state index in [0.717, 1.165) is 60.0 Å². The summed E-state index contributed by atoms with van der Waals surface area (Å²) in [5, 5.41) is 0. The molecule has 1 aromatic heterocycles. The molecule has 0 N–H and O–H groups in total. The molecule has 9 aliphatic rings. The van der Waals surface area contributed by atoms with E-state index in [0.29, 0.717) is 18.3 Å². The molecule has 10 unspecified atom stereocenters. The van der Waals surface area contributed by atoms with E-state index in [-0.39, 0.29) is 71.5 Å². The predicted molar refractivity (Wildman–Crippen MR) is 391 cm³/mol. The monoisotopic (exact) mass is 1420 g/mol. The van der Waals surface area contributed by atoms with Crippen LogP contribution in [0.25, 0.3) is 6.08 Å². The first kappa shape index (κ1) is 82.2. The van der Waals surface area contributed by atoms with Gasteiger partial charge in [0.2, 0.25) is 29.5 Å². The Morgan fingerprint density at radius 1 is 0.674 bits per heavy atom. The molecule has 2 bridgehead atoms. The predicted octanol–water partition coefficient (Wildman–Crippen LogP) is 17.4. The van der Waals surface area contributed by atoms with Crippen LogP contribution in [0.15, 0.2) is 198 Å². The van der Waals surface area contributed by atoms with Crippen molar-refractivity contribution in [2.45, 2.75) is 136 Å². The summed E-state index contributed by atoms with van der Waals surface area (Å²) in [5.41, 5.74) is 11.1. The van der Waals surface area contributed by atoms with Gasteiger partial charge in [0.25, 0.3) is 0 Å². The Bertz CT molecular complexity index is 3140. The first-order valence-corrected chi connectivity index (χ1v) is 39.2. The summed E-state index contributed by atoms with van der Waals surface area (Å²) in [4.78, 5) is 86.4. The Morgan fingerprint density at radius 3 is 1.51 bits per heavy atom. The van der Waals surface area contributed by atoms with Crippen molar-refractivity contribution in [3.8, 4) is 0 Å². The molecular formula is C79H107Cl2N6O7Ru-. The molecule has 95 heavy (non-hydrogen) atoms. The Labute approximate surface area is 583 Å². The molecule has 4 aliphatic heterocycles. The smallest absolute Gasteiger partial charge is 0.0267 e. The van der Waals surface area contributed by atoms with Gasteiger partial charge >= 0.3 is 73.4 Å². The fourth-order valence-corrected chi connectivity index (χ4v) is 15.2. The number of carbonyl (C=O) groups is 6. The Balaban J connectivity index is 0.000000303. The van der Waals surface area contributed by atoms with Crippen LogP contribution in [0.5, 0.6) is 0 Å². The fourth-order valence-electron chi connectivity index (χ4n) is 13.4. The molecule has 13 nitrogen and oxygen atoms in total. The fraction of sp³-hybridized carbons (Fsp3) is 0.443. The topological polar surface area (TPSA) is 150 Å². The van der Waals surface area contributed by atoms with Crippen LogP contribution in [-0.2, 0) is 47.0 Å². The number of amides is 5. The number of Topliss-reactive ketones (excluding diaryl/α,β-unsaturated/α-hetero) is 1. The zero-order valence-corrected chi connectivity index (χ0v) is 62.3. The Morgan fingerprint density at radius 2 is 1.16 bits per heavy atom. The molecule has 0 spiro atoms. The normalized spacial score (nSPS) is 24.4. The van der Waals surface area contributed by atoms with Crippen molar-refractivity contribution in [3.05, 3.63) is 211 Å². The van der Waals surface area contributed by atoms with Gasteiger partial charge < -0.3 is 14.5 Å². The van der Waals surface area contributed by atoms with E-state index in [4.69, 9.17) is 19.4 Å². The number of likely N-dealkylation sites (tertiary alicyclic amines) is 2. The molecule has 5 heterocycles. The summed E-state index contributed by atoms with van der Waals surface area (Å²) < 4.78 is 6.52. The van der Waals surface area contributed by atoms with Crippen molar-refractivity contribution in [3.63, 3.8) is 0 Å². The number of benzene rings is 2. The molecule has 16 heteroatoms. The van der Waals surface area contributed by atoms with Crippen molar-refractivity contribution in [2.24, 2.45) is 64.2 Å². The van der Waals surface area contributed by atoms with Gasteiger partial charge in [-0.1, -0.05) is 158 Å². The van der Waals surface area contributed by atoms with Gasteiger partial charge in [0.15, 0.2) is 0 Å². The van der Waals surface area contributed by atoms with E-state index in [9.17, 15) is 28.8 Å². The van der Waals surface area contributed by atoms with Crippen LogP contribution in [0.4, 0.5) is 0 Å². The quantitative estimate of drug-likeness (QED) is 0.0631. The minimum Gasteiger partial charge on any atom is -0.265 e. The number of aliphatic imine (C=N–C) groups is 1. The van der Waals surface area contributed by atoms with Crippen LogP contribution in [0.2, 0.25) is 0 Å². The number of aromatic nitrogens is 1. The number of nitrogens with zero attached hydrogens (tertiary/aromatic N) is 6. The van der Waals surface area contributed by atoms with Crippen molar-refractivity contribution < 1.29 is 47.0 Å². The van der Waals surface area contributed by atoms with Gasteiger partial charge in [-0.15, -0.1) is 6.58 Å². The van der Waals surface area contributed by atoms with Gasteiger partial charge in [-0.05, 0) is 155 Å². The van der Waals surface area contributed by atoms with Crippen LogP contribution >= 0.6 is 19.4 Å². The van der Waals surface area contributed by atoms with Crippen LogP contribution in [0, 0.1) is 65.8 Å². The molecule has 2 aromatic carbocycles. The van der Waals surface area contributed by atoms with Crippen molar-refractivity contribution in [1.82, 2.24) is 24.6 Å². The molecule has 0 radical (unpaired) electrons. The zero-order chi connectivity index (χ0) is 70.7. The second-order valence-electron chi connectivity index (χ2n) is 23.6. The second kappa shape index (κ2) is 44.0. The number of carbonyl (C=O) groups excluding carboxylic acids is 6. The Hall–Kier alpha value is -6.99. The van der Waals surface area contributed by atoms with E-state index >= 15 is 0 Å². The number of pyridine rings is 1. The van der Waals surface area contributed by atoms with E-state index in [1.807, 2.05) is 169 Å². The van der Waals surface area contributed by atoms with Crippen LogP contribution in [-0.4, -0.2) is 104 Å². The molecule has 3 saturated heterocycles. The van der Waals surface area contributed by atoms with Gasteiger partial charge in [0, 0.05) is 45.2 Å². The standard InChI is InChI=1S/C21H31N2.C19H19NO3.C12H13NO3.C7H6.C5H7N.C5H5N.C4H8O.3C2H6.2ClH.Ru/c1-14-9-16(3)20(17(4)10-14)22-7-8-23(13-22)21-18(5)11-15(2)12-19(21)6;1-3-14-11-15(10-9-13-7-5-4-6-8-13)17-16(14)18(22)20(12(2)21)19(17)23;1-6(14)5-13-11(15)9-7-2-3-8(4-7)10(9)12(13)16;1-7-5-3-2-4-6-7;2*1-2-4-6-5-3-1;1-3-5-4-2;3*1-2;;;/h9,11,13,17,19H,7-8,10,12H2,1-6H3;3-10,14-17H,1,11H2,2H3;2-3,7-10H,4-5H2,1H3;1-6H;1-2,4H,3,5H2;1-5H;3H,1,4H2,2H3;3*1-2H3;2*1H;/q-1;;;;;;;;;;;;+2/p-2/b;10-9-;;;;;;;;;;;. The van der Waals surface area contributed by atoms with E-state index in [1.54, 1.807) is 18.5 Å². The SMILES string of the molecule is C1=CCCN=C1.C=CC1CC(/C=C\c2ccccc2)C2C(=O)N(C(C)=O)C(=O)C12.C=COCC.CC.CC.CC.CC(=O)CN1C(=O)C2C3C=CC(C3)C2C1=O.CC1=CC(C)=C(N2[CH-]N(C3=C(C)C=C(C)CC3C)CC2)C(C)C1.[Cl][Ru]([Cl])=[CH]c1ccccc1.c1ccncc1. The minimum atomic E-state index is -1.61. The number of imide groups is 4. The molecule has 12 rings (SSSR count). The number of ether oxygens (including phenoxy) is 1. The van der Waals surface area contributed by atoms with Crippen molar-refractivity contribution in [1.29, 1.82) is 0 Å². The van der Waals surface area contributed by atoms with Gasteiger partial charge in [-0.2, -0.15) is 6.67 Å². The maximum absolute atomic E-state index is 12.5.